The molecule has 404 valence electrons. The minimum Gasteiger partial charge on any atom is -0.379 e. The summed E-state index contributed by atoms with van der Waals surface area (Å²) in [6, 6.07) is 15.4. The summed E-state index contributed by atoms with van der Waals surface area (Å²) in [4.78, 5) is 73.5. The maximum absolute atomic E-state index is 15.0. The van der Waals surface area contributed by atoms with Gasteiger partial charge in [-0.2, -0.15) is 4.98 Å². The third-order valence-electron chi connectivity index (χ3n) is 12.6. The molecule has 18 nitrogen and oxygen atoms in total. The average molecular weight is 1080 g/mol. The third kappa shape index (κ3) is 12.4. The first-order chi connectivity index (χ1) is 36.8. The molecule has 77 heavy (non-hydrogen) atoms. The van der Waals surface area contributed by atoms with E-state index in [0.717, 1.165) is 71.2 Å². The molecule has 5 heterocycles. The zero-order valence-electron chi connectivity index (χ0n) is 43.4. The number of halogens is 4. The van der Waals surface area contributed by atoms with Gasteiger partial charge in [-0.15, -0.1) is 0 Å². The minimum atomic E-state index is -1.68. The molecule has 1 fully saturated rings. The molecule has 2 aromatic heterocycles. The van der Waals surface area contributed by atoms with E-state index in [2.05, 4.69) is 46.4 Å². The number of morpholine rings is 1. The van der Waals surface area contributed by atoms with Crippen LogP contribution in [0.2, 0.25) is 0 Å². The van der Waals surface area contributed by atoms with Crippen LogP contribution in [0, 0.1) is 37.1 Å². The summed E-state index contributed by atoms with van der Waals surface area (Å²) >= 11 is 0. The summed E-state index contributed by atoms with van der Waals surface area (Å²) in [5.74, 6) is -4.05. The van der Waals surface area contributed by atoms with Crippen molar-refractivity contribution in [2.45, 2.75) is 78.3 Å². The van der Waals surface area contributed by atoms with Crippen LogP contribution >= 0.6 is 0 Å². The van der Waals surface area contributed by atoms with E-state index < -0.39 is 57.5 Å². The standard InChI is InChI=1S/C30H35F2N7O3.C24H23F2N5O3S/c1-18(2)35-28(40)20-9-8-19(3)21(16-20)25-22-17-34-30(41)39(26-23(31)6-4-7-24(26)32)27(22)37-29(36-25)33-10-5-11-38-12-14-42-15-13-38;1-12(2)28-22(32)14-9-8-13(3)15(10-14)19-16-11-27-24(33)31(20-17(25)6-5-7-18(20)26)21(16)30-23(29-19)35(4)34/h4,6-9,16,18H,5,10-15,17H2,1-3H3,(H,34,41)(H,35,40)(H,33,36,37);5-10,12H,11H2,1-4H3,(H,27,33)(H,28,32). The van der Waals surface area contributed by atoms with Crippen molar-refractivity contribution in [1.29, 1.82) is 0 Å². The highest BCUT2D eigenvalue weighted by molar-refractivity contribution is 7.84. The van der Waals surface area contributed by atoms with Crippen molar-refractivity contribution in [3.05, 3.63) is 129 Å². The van der Waals surface area contributed by atoms with Gasteiger partial charge in [0.05, 0.1) is 48.5 Å². The van der Waals surface area contributed by atoms with E-state index >= 15 is 0 Å². The monoisotopic (exact) mass is 1080 g/mol. The van der Waals surface area contributed by atoms with Crippen molar-refractivity contribution in [3.63, 3.8) is 0 Å². The van der Waals surface area contributed by atoms with Crippen LogP contribution in [0.1, 0.15) is 77.1 Å². The number of carbonyl (C=O) groups is 4. The van der Waals surface area contributed by atoms with Crippen LogP contribution in [0.5, 0.6) is 0 Å². The summed E-state index contributed by atoms with van der Waals surface area (Å²) in [5.41, 5.74) is 4.04. The normalized spacial score (nSPS) is 14.7. The average Bonchev–Trinajstić information content (AvgIpc) is 3.42. The fourth-order valence-electron chi connectivity index (χ4n) is 8.83. The summed E-state index contributed by atoms with van der Waals surface area (Å²) < 4.78 is 77.2. The highest BCUT2D eigenvalue weighted by Crippen LogP contribution is 2.41. The fraction of sp³-hybridized carbons (Fsp3) is 0.333. The molecule has 4 aromatic carbocycles. The number of aryl methyl sites for hydroxylation is 2. The number of hydrogen-bond donors (Lipinski definition) is 5. The molecule has 0 aliphatic carbocycles. The quantitative estimate of drug-likeness (QED) is 0.0396. The number of rotatable bonds is 14. The molecule has 0 spiro atoms. The van der Waals surface area contributed by atoms with Crippen molar-refractivity contribution in [2.75, 3.05) is 60.8 Å². The highest BCUT2D eigenvalue weighted by atomic mass is 32.2. The predicted molar refractivity (Wildman–Crippen MR) is 284 cm³/mol. The Morgan fingerprint density at radius 1 is 0.675 bits per heavy atom. The Kier molecular flexibility index (Phi) is 17.2. The van der Waals surface area contributed by atoms with E-state index in [1.54, 1.807) is 30.3 Å². The number of carbonyl (C=O) groups excluding carboxylic acids is 4. The first-order valence-corrected chi connectivity index (χ1v) is 26.4. The number of nitrogens with zero attached hydrogens (tertiary/aromatic N) is 7. The number of amides is 6. The van der Waals surface area contributed by atoms with E-state index in [-0.39, 0.29) is 59.7 Å². The molecule has 6 amide bonds. The molecule has 1 saturated heterocycles. The van der Waals surface area contributed by atoms with Gasteiger partial charge in [0, 0.05) is 71.4 Å². The van der Waals surface area contributed by atoms with Crippen LogP contribution in [0.3, 0.4) is 0 Å². The highest BCUT2D eigenvalue weighted by Gasteiger charge is 2.36. The lowest BCUT2D eigenvalue weighted by Gasteiger charge is -2.31. The van der Waals surface area contributed by atoms with Gasteiger partial charge in [0.2, 0.25) is 11.1 Å². The van der Waals surface area contributed by atoms with Crippen molar-refractivity contribution in [2.24, 2.45) is 0 Å². The summed E-state index contributed by atoms with van der Waals surface area (Å²) in [6.07, 6.45) is 2.16. The number of nitrogens with one attached hydrogen (secondary N) is 5. The molecular formula is C54H58F4N12O6S. The van der Waals surface area contributed by atoms with Gasteiger partial charge in [-0.25, -0.2) is 51.9 Å². The number of benzene rings is 4. The van der Waals surface area contributed by atoms with Gasteiger partial charge in [0.25, 0.3) is 11.8 Å². The Bertz CT molecular complexity index is 3250. The maximum atomic E-state index is 15.0. The number of hydrogen-bond acceptors (Lipinski definition) is 12. The lowest BCUT2D eigenvalue weighted by Crippen LogP contribution is -2.43. The first-order valence-electron chi connectivity index (χ1n) is 24.9. The number of ether oxygens (including phenoxy) is 1. The van der Waals surface area contributed by atoms with Crippen molar-refractivity contribution in [3.8, 4) is 22.5 Å². The van der Waals surface area contributed by atoms with Crippen LogP contribution in [0.25, 0.3) is 22.5 Å². The first kappa shape index (κ1) is 55.3. The number of aromatic nitrogens is 4. The summed E-state index contributed by atoms with van der Waals surface area (Å²) in [6.45, 7) is 15.7. The molecule has 3 aliphatic rings. The second-order valence-corrected chi connectivity index (χ2v) is 20.3. The van der Waals surface area contributed by atoms with Gasteiger partial charge in [0.1, 0.15) is 34.6 Å². The molecule has 0 saturated carbocycles. The number of fused-ring (bicyclic) bond motifs is 2. The lowest BCUT2D eigenvalue weighted by molar-refractivity contribution is 0.0378. The molecule has 1 unspecified atom stereocenters. The van der Waals surface area contributed by atoms with E-state index in [1.807, 2.05) is 47.6 Å². The molecule has 9 rings (SSSR count). The summed E-state index contributed by atoms with van der Waals surface area (Å²) in [5, 5.41) is 14.1. The van der Waals surface area contributed by atoms with Gasteiger partial charge < -0.3 is 31.3 Å². The SMILES string of the molecule is Cc1ccc(C(=O)NC(C)C)cc1-c1nc(NCCCN2CCOCC2)nc2c1CNC(=O)N2c1c(F)cccc1F.Cc1ccc(C(=O)NC(C)C)cc1-c1nc(S(C)=O)nc2c1CNC(=O)N2c1c(F)cccc1F. The van der Waals surface area contributed by atoms with Gasteiger partial charge >= 0.3 is 12.1 Å². The molecular weight excluding hydrogens is 1020 g/mol. The molecule has 5 N–H and O–H groups in total. The largest absolute Gasteiger partial charge is 0.379 e. The smallest absolute Gasteiger partial charge is 0.328 e. The zero-order valence-corrected chi connectivity index (χ0v) is 44.3. The Hall–Kier alpha value is -7.89. The predicted octanol–water partition coefficient (Wildman–Crippen LogP) is 8.33. The maximum Gasteiger partial charge on any atom is 0.328 e. The topological polar surface area (TPSA) is 216 Å². The van der Waals surface area contributed by atoms with Gasteiger partial charge in [0.15, 0.2) is 11.6 Å². The molecule has 6 aromatic rings. The van der Waals surface area contributed by atoms with Crippen LogP contribution in [0.15, 0.2) is 78.0 Å². The van der Waals surface area contributed by atoms with Crippen molar-refractivity contribution < 1.29 is 45.7 Å². The Balaban J connectivity index is 0.000000207. The van der Waals surface area contributed by atoms with Crippen LogP contribution in [0.4, 0.5) is 56.1 Å². The Morgan fingerprint density at radius 2 is 1.13 bits per heavy atom. The third-order valence-corrected chi connectivity index (χ3v) is 13.3. The number of anilines is 5. The summed E-state index contributed by atoms with van der Waals surface area (Å²) in [7, 11) is -1.68. The molecule has 23 heteroatoms. The fourth-order valence-corrected chi connectivity index (χ4v) is 9.26. The second-order valence-electron chi connectivity index (χ2n) is 19.0. The molecule has 3 aliphatic heterocycles. The van der Waals surface area contributed by atoms with Crippen molar-refractivity contribution in [1.82, 2.24) is 46.1 Å². The number of para-hydroxylation sites is 2. The van der Waals surface area contributed by atoms with E-state index in [4.69, 9.17) is 9.72 Å². The van der Waals surface area contributed by atoms with Crippen LogP contribution < -0.4 is 36.4 Å². The van der Waals surface area contributed by atoms with Gasteiger partial charge in [-0.1, -0.05) is 24.3 Å². The Labute approximate surface area is 444 Å². The molecule has 1 atom stereocenters. The van der Waals surface area contributed by atoms with E-state index in [0.29, 0.717) is 64.5 Å². The van der Waals surface area contributed by atoms with Crippen molar-refractivity contribution >= 4 is 63.6 Å². The molecule has 0 bridgehead atoms. The molecule has 0 radical (unpaired) electrons. The van der Waals surface area contributed by atoms with E-state index in [9.17, 15) is 40.9 Å². The van der Waals surface area contributed by atoms with Crippen LogP contribution in [-0.4, -0.2) is 111 Å². The van der Waals surface area contributed by atoms with Gasteiger partial charge in [-0.3, -0.25) is 18.7 Å². The Morgan fingerprint density at radius 3 is 1.58 bits per heavy atom. The number of urea groups is 2. The van der Waals surface area contributed by atoms with E-state index in [1.165, 1.54) is 18.4 Å². The lowest BCUT2D eigenvalue weighted by atomic mass is 9.97. The van der Waals surface area contributed by atoms with Gasteiger partial charge in [-0.05, 0) is 114 Å². The zero-order chi connectivity index (χ0) is 55.2. The van der Waals surface area contributed by atoms with Crippen LogP contribution in [-0.2, 0) is 28.6 Å². The second kappa shape index (κ2) is 24.0. The minimum absolute atomic E-state index is 0.0332.